The number of aromatic nitrogens is 2. The van der Waals surface area contributed by atoms with E-state index < -0.39 is 0 Å². The second-order valence-corrected chi connectivity index (χ2v) is 10.3. The molecule has 2 aliphatic heterocycles. The van der Waals surface area contributed by atoms with E-state index in [-0.39, 0.29) is 17.6 Å². The van der Waals surface area contributed by atoms with Crippen molar-refractivity contribution in [3.05, 3.63) is 74.0 Å². The lowest BCUT2D eigenvalue weighted by molar-refractivity contribution is -0.113. The lowest BCUT2D eigenvalue weighted by atomic mass is 10.2. The zero-order chi connectivity index (χ0) is 23.8. The minimum Gasteiger partial charge on any atom is -0.377 e. The minimum atomic E-state index is -0.284. The predicted molar refractivity (Wildman–Crippen MR) is 139 cm³/mol. The summed E-state index contributed by atoms with van der Waals surface area (Å²) in [6, 6.07) is 11.5. The number of carbonyl (C=O) groups is 1. The number of para-hydroxylation sites is 1. The fourth-order valence-electron chi connectivity index (χ4n) is 4.20. The minimum absolute atomic E-state index is 0.134. The van der Waals surface area contributed by atoms with E-state index in [2.05, 4.69) is 0 Å². The van der Waals surface area contributed by atoms with Gasteiger partial charge in [-0.05, 0) is 61.9 Å². The van der Waals surface area contributed by atoms with Crippen molar-refractivity contribution in [3.8, 4) is 5.69 Å². The van der Waals surface area contributed by atoms with Crippen LogP contribution in [0.1, 0.15) is 29.0 Å². The van der Waals surface area contributed by atoms with Crippen LogP contribution in [-0.2, 0) is 16.6 Å². The van der Waals surface area contributed by atoms with Gasteiger partial charge in [-0.1, -0.05) is 30.0 Å². The molecule has 1 amide bonds. The Labute approximate surface area is 206 Å². The third-order valence-corrected chi connectivity index (χ3v) is 8.21. The number of rotatable bonds is 5. The van der Waals surface area contributed by atoms with Gasteiger partial charge in [-0.2, -0.15) is 0 Å². The molecule has 1 fully saturated rings. The summed E-state index contributed by atoms with van der Waals surface area (Å²) < 4.78 is 9.15. The molecule has 1 atom stereocenters. The summed E-state index contributed by atoms with van der Waals surface area (Å²) in [6.07, 6.45) is 4.00. The molecule has 1 saturated heterocycles. The summed E-state index contributed by atoms with van der Waals surface area (Å²) >= 11 is 3.04. The zero-order valence-corrected chi connectivity index (χ0v) is 21.0. The molecule has 34 heavy (non-hydrogen) atoms. The Morgan fingerprint density at radius 2 is 2.00 bits per heavy atom. The fourth-order valence-corrected chi connectivity index (χ4v) is 6.12. The second-order valence-electron chi connectivity index (χ2n) is 8.39. The quantitative estimate of drug-likeness (QED) is 0.490. The van der Waals surface area contributed by atoms with Gasteiger partial charge >= 0.3 is 0 Å². The molecule has 0 bridgehead atoms. The van der Waals surface area contributed by atoms with E-state index in [4.69, 9.17) is 9.73 Å². The molecule has 0 spiro atoms. The van der Waals surface area contributed by atoms with Crippen LogP contribution in [0.4, 0.5) is 5.69 Å². The van der Waals surface area contributed by atoms with Gasteiger partial charge in [0.1, 0.15) is 11.4 Å². The van der Waals surface area contributed by atoms with Gasteiger partial charge in [0.15, 0.2) is 5.17 Å². The van der Waals surface area contributed by atoms with E-state index >= 15 is 0 Å². The first-order valence-corrected chi connectivity index (χ1v) is 13.1. The molecule has 0 N–H and O–H groups in total. The lowest BCUT2D eigenvalue weighted by Crippen LogP contribution is -2.35. The van der Waals surface area contributed by atoms with Gasteiger partial charge in [-0.25, -0.2) is 14.6 Å². The Balaban J connectivity index is 1.58. The molecule has 0 aliphatic carbocycles. The number of amides is 1. The van der Waals surface area contributed by atoms with Crippen LogP contribution in [0, 0.1) is 13.8 Å². The van der Waals surface area contributed by atoms with Gasteiger partial charge in [0, 0.05) is 24.3 Å². The van der Waals surface area contributed by atoms with Crippen molar-refractivity contribution >= 4 is 45.9 Å². The molecule has 9 heteroatoms. The Morgan fingerprint density at radius 1 is 1.21 bits per heavy atom. The van der Waals surface area contributed by atoms with Crippen molar-refractivity contribution in [2.45, 2.75) is 32.8 Å². The number of aryl methyl sites for hydroxylation is 1. The first-order chi connectivity index (χ1) is 16.5. The molecule has 2 aromatic heterocycles. The maximum Gasteiger partial charge on any atom is 0.296 e. The van der Waals surface area contributed by atoms with Crippen LogP contribution >= 0.6 is 23.1 Å². The Morgan fingerprint density at radius 3 is 2.68 bits per heavy atom. The van der Waals surface area contributed by atoms with Gasteiger partial charge in [0.05, 0.1) is 17.5 Å². The summed E-state index contributed by atoms with van der Waals surface area (Å²) in [6.45, 7) is 4.64. The summed E-state index contributed by atoms with van der Waals surface area (Å²) in [7, 11) is 1.83. The van der Waals surface area contributed by atoms with E-state index in [1.165, 1.54) is 16.7 Å². The van der Waals surface area contributed by atoms with Crippen molar-refractivity contribution in [3.63, 3.8) is 0 Å². The van der Waals surface area contributed by atoms with Crippen molar-refractivity contribution < 1.29 is 9.53 Å². The zero-order valence-electron chi connectivity index (χ0n) is 19.4. The van der Waals surface area contributed by atoms with Gasteiger partial charge in [-0.15, -0.1) is 11.3 Å². The van der Waals surface area contributed by atoms with Crippen molar-refractivity contribution in [2.24, 2.45) is 12.0 Å². The van der Waals surface area contributed by atoms with E-state index in [1.807, 2.05) is 68.7 Å². The number of hydrogen-bond acceptors (Lipinski definition) is 6. The summed E-state index contributed by atoms with van der Waals surface area (Å²) in [5.41, 5.74) is 2.96. The van der Waals surface area contributed by atoms with Crippen molar-refractivity contribution in [1.29, 1.82) is 0 Å². The Bertz CT molecular complexity index is 1340. The van der Waals surface area contributed by atoms with Crippen LogP contribution in [0.3, 0.4) is 0 Å². The topological polar surface area (TPSA) is 68.8 Å². The van der Waals surface area contributed by atoms with Gasteiger partial charge < -0.3 is 4.74 Å². The average molecular weight is 495 g/mol. The number of amidine groups is 1. The molecule has 5 rings (SSSR count). The average Bonchev–Trinajstić information content (AvgIpc) is 3.60. The van der Waals surface area contributed by atoms with E-state index in [1.54, 1.807) is 20.7 Å². The molecule has 1 unspecified atom stereocenters. The first-order valence-electron chi connectivity index (χ1n) is 11.2. The van der Waals surface area contributed by atoms with Crippen LogP contribution in [0.25, 0.3) is 11.8 Å². The van der Waals surface area contributed by atoms with Crippen LogP contribution in [0.2, 0.25) is 0 Å². The molecular formula is C25H26N4O3S2. The summed E-state index contributed by atoms with van der Waals surface area (Å²) in [5.74, 6) is 0.404. The summed E-state index contributed by atoms with van der Waals surface area (Å²) in [5, 5.41) is 2.52. The van der Waals surface area contributed by atoms with Crippen LogP contribution in [0.5, 0.6) is 0 Å². The molecular weight excluding hydrogens is 468 g/mol. The first kappa shape index (κ1) is 22.9. The highest BCUT2D eigenvalue weighted by atomic mass is 32.2. The SMILES string of the molecule is Cc1ccsc1/C=C1/N=C(SCC2CCCO2)N(c2c(C)n(C)n(-c3ccccc3)c2=O)C1=O. The van der Waals surface area contributed by atoms with Crippen molar-refractivity contribution in [2.75, 3.05) is 17.3 Å². The second kappa shape index (κ2) is 9.40. The Kier molecular flexibility index (Phi) is 6.33. The van der Waals surface area contributed by atoms with E-state index in [9.17, 15) is 9.59 Å². The normalized spacial score (nSPS) is 19.4. The number of nitrogens with zero attached hydrogens (tertiary/aromatic N) is 4. The number of carbonyl (C=O) groups excluding carboxylic acids is 1. The third kappa shape index (κ3) is 4.08. The van der Waals surface area contributed by atoms with Crippen molar-refractivity contribution in [1.82, 2.24) is 9.36 Å². The highest BCUT2D eigenvalue weighted by Gasteiger charge is 2.37. The molecule has 3 aromatic rings. The highest BCUT2D eigenvalue weighted by Crippen LogP contribution is 2.32. The monoisotopic (exact) mass is 494 g/mol. The molecule has 7 nitrogen and oxygen atoms in total. The maximum atomic E-state index is 13.7. The molecule has 0 radical (unpaired) electrons. The molecule has 2 aliphatic rings. The lowest BCUT2D eigenvalue weighted by Gasteiger charge is -2.17. The molecule has 176 valence electrons. The maximum absolute atomic E-state index is 13.7. The number of thiophene rings is 1. The number of anilines is 1. The number of ether oxygens (including phenoxy) is 1. The number of thioether (sulfide) groups is 1. The van der Waals surface area contributed by atoms with Gasteiger partial charge in [0.25, 0.3) is 11.5 Å². The molecule has 4 heterocycles. The molecule has 1 aromatic carbocycles. The van der Waals surface area contributed by atoms with E-state index in [0.29, 0.717) is 28.0 Å². The standard InChI is InChI=1S/C25H26N4O3S2/c1-16-11-13-33-21(16)14-20-23(30)28(25(26-20)34-15-19-10-7-12-32-19)22-17(2)27(3)29(24(22)31)18-8-5-4-6-9-18/h4-6,8-9,11,13-14,19H,7,10,12,15H2,1-3H3/b20-14+. The number of benzene rings is 1. The third-order valence-electron chi connectivity index (χ3n) is 6.17. The van der Waals surface area contributed by atoms with Gasteiger partial charge in [-0.3, -0.25) is 14.3 Å². The van der Waals surface area contributed by atoms with E-state index in [0.717, 1.165) is 35.6 Å². The smallest absolute Gasteiger partial charge is 0.296 e. The van der Waals surface area contributed by atoms with Crippen LogP contribution in [0.15, 0.2) is 57.3 Å². The highest BCUT2D eigenvalue weighted by molar-refractivity contribution is 8.14. The van der Waals surface area contributed by atoms with Crippen LogP contribution in [-0.4, -0.2) is 38.9 Å². The number of aliphatic imine (C=N–C) groups is 1. The molecule has 0 saturated carbocycles. The fraction of sp³-hybridized carbons (Fsp3) is 0.320. The summed E-state index contributed by atoms with van der Waals surface area (Å²) in [4.78, 5) is 34.5. The van der Waals surface area contributed by atoms with Gasteiger partial charge in [0.2, 0.25) is 0 Å². The van der Waals surface area contributed by atoms with Crippen LogP contribution < -0.4 is 10.5 Å². The predicted octanol–water partition coefficient (Wildman–Crippen LogP) is 4.51. The number of hydrogen-bond donors (Lipinski definition) is 0. The Hall–Kier alpha value is -2.88. The largest absolute Gasteiger partial charge is 0.377 e.